The van der Waals surface area contributed by atoms with Crippen LogP contribution in [-0.2, 0) is 48.4 Å². The first kappa shape index (κ1) is 43.5. The van der Waals surface area contributed by atoms with E-state index in [1.807, 2.05) is 62.3 Å². The number of unbranched alkanes of at least 4 members (excludes halogenated alkanes) is 3. The highest BCUT2D eigenvalue weighted by Crippen LogP contribution is 2.55. The molecule has 0 aromatic rings. The molecule has 0 aliphatic carbocycles. The van der Waals surface area contributed by atoms with Crippen LogP contribution in [-0.4, -0.2) is 101 Å². The Morgan fingerprint density at radius 1 is 0.654 bits per heavy atom. The molecule has 0 N–H and O–H groups in total. The van der Waals surface area contributed by atoms with Crippen molar-refractivity contribution in [3.05, 3.63) is 0 Å². The Hall–Kier alpha value is -1.22. The molecule has 0 aromatic heterocycles. The van der Waals surface area contributed by atoms with Crippen LogP contribution in [0.2, 0.25) is 0 Å². The Bertz CT molecular complexity index is 1210. The number of rotatable bonds is 18. The maximum atomic E-state index is 13.4. The molecule has 52 heavy (non-hydrogen) atoms. The molecule has 2 radical (unpaired) electrons. The van der Waals surface area contributed by atoms with Crippen molar-refractivity contribution in [1.29, 1.82) is 0 Å². The molecule has 4 heterocycles. The highest BCUT2D eigenvalue weighted by atomic mass is 16.8. The van der Waals surface area contributed by atoms with Crippen molar-refractivity contribution in [2.24, 2.45) is 11.8 Å². The summed E-state index contributed by atoms with van der Waals surface area (Å²) in [6, 6.07) is 0. The smallest absolute Gasteiger partial charge is 0.305 e. The van der Waals surface area contributed by atoms with E-state index in [-0.39, 0.29) is 42.4 Å². The van der Waals surface area contributed by atoms with E-state index in [0.29, 0.717) is 90.6 Å². The highest BCUT2D eigenvalue weighted by Gasteiger charge is 2.65. The zero-order valence-electron chi connectivity index (χ0n) is 34.0. The number of hydrogen-bond donors (Lipinski definition) is 0. The molecule has 10 atom stereocenters. The number of Topliss-reactive ketones (excluding diaryl/α,β-unsaturated/α-hetero) is 1. The van der Waals surface area contributed by atoms with Gasteiger partial charge in [-0.05, 0) is 66.2 Å². The van der Waals surface area contributed by atoms with Gasteiger partial charge in [0.05, 0.1) is 48.6 Å². The number of hydroxylamine groups is 4. The maximum Gasteiger partial charge on any atom is 0.305 e. The molecule has 4 rings (SSSR count). The Morgan fingerprint density at radius 2 is 1.12 bits per heavy atom. The van der Waals surface area contributed by atoms with Crippen molar-refractivity contribution in [1.82, 2.24) is 10.1 Å². The van der Waals surface area contributed by atoms with E-state index in [4.69, 9.17) is 28.4 Å². The molecule has 4 fully saturated rings. The van der Waals surface area contributed by atoms with Gasteiger partial charge in [0.2, 0.25) is 0 Å². The summed E-state index contributed by atoms with van der Waals surface area (Å²) in [5, 5.41) is 29.3. The minimum absolute atomic E-state index is 0.108. The molecule has 12 heteroatoms. The summed E-state index contributed by atoms with van der Waals surface area (Å²) in [4.78, 5) is 25.0. The van der Waals surface area contributed by atoms with Crippen LogP contribution in [0.5, 0.6) is 0 Å². The first-order chi connectivity index (χ1) is 24.4. The van der Waals surface area contributed by atoms with Crippen molar-refractivity contribution in [2.75, 3.05) is 33.0 Å². The average Bonchev–Trinajstić information content (AvgIpc) is 3.75. The highest BCUT2D eigenvalue weighted by molar-refractivity contribution is 5.78. The van der Waals surface area contributed by atoms with Crippen molar-refractivity contribution >= 4 is 11.8 Å². The van der Waals surface area contributed by atoms with Gasteiger partial charge < -0.3 is 28.4 Å². The Labute approximate surface area is 313 Å². The molecule has 0 aromatic carbocycles. The van der Waals surface area contributed by atoms with E-state index >= 15 is 0 Å². The molecule has 300 valence electrons. The largest absolute Gasteiger partial charge is 0.463 e. The van der Waals surface area contributed by atoms with E-state index in [0.717, 1.165) is 19.3 Å². The van der Waals surface area contributed by atoms with Crippen LogP contribution >= 0.6 is 0 Å². The van der Waals surface area contributed by atoms with E-state index in [9.17, 15) is 20.0 Å². The number of hydrogen-bond acceptors (Lipinski definition) is 10. The monoisotopic (exact) mass is 739 g/mol. The summed E-state index contributed by atoms with van der Waals surface area (Å²) in [5.41, 5.74) is -2.38. The van der Waals surface area contributed by atoms with Crippen molar-refractivity contribution in [3.63, 3.8) is 0 Å². The lowest BCUT2D eigenvalue weighted by Gasteiger charge is -2.59. The van der Waals surface area contributed by atoms with Gasteiger partial charge in [0.1, 0.15) is 24.6 Å². The van der Waals surface area contributed by atoms with E-state index in [2.05, 4.69) is 6.92 Å². The molecule has 4 saturated heterocycles. The van der Waals surface area contributed by atoms with Crippen LogP contribution in [0, 0.1) is 11.8 Å². The van der Waals surface area contributed by atoms with Crippen LogP contribution in [0.3, 0.4) is 0 Å². The molecule has 0 saturated carbocycles. The number of piperidine rings is 2. The molecule has 12 nitrogen and oxygen atoms in total. The SMILES string of the molecule is CCC1(C)CC2(OCC(COCCC(=O)CCCCCCC(=O)OCC3COC4(CC(C)(CC)N([O])C(C)(CC)C4C)O3)O2)C(C)C(C)(CC)N1[O]. The van der Waals surface area contributed by atoms with Gasteiger partial charge in [-0.3, -0.25) is 9.59 Å². The van der Waals surface area contributed by atoms with E-state index in [1.165, 1.54) is 10.1 Å². The van der Waals surface area contributed by atoms with Gasteiger partial charge in [-0.1, -0.05) is 54.4 Å². The zero-order chi connectivity index (χ0) is 38.6. The molecular formula is C40H70N2O10. The minimum Gasteiger partial charge on any atom is -0.463 e. The van der Waals surface area contributed by atoms with Gasteiger partial charge in [-0.2, -0.15) is 0 Å². The van der Waals surface area contributed by atoms with Gasteiger partial charge in [0, 0.05) is 43.9 Å². The first-order valence-electron chi connectivity index (χ1n) is 20.3. The number of ether oxygens (including phenoxy) is 6. The van der Waals surface area contributed by atoms with Crippen LogP contribution in [0.15, 0.2) is 0 Å². The Balaban J connectivity index is 1.06. The number of carbonyl (C=O) groups excluding carboxylic acids is 2. The Kier molecular flexibility index (Phi) is 14.5. The van der Waals surface area contributed by atoms with Gasteiger partial charge in [0.25, 0.3) is 0 Å². The number of carbonyl (C=O) groups is 2. The van der Waals surface area contributed by atoms with Gasteiger partial charge >= 0.3 is 5.97 Å². The summed E-state index contributed by atoms with van der Waals surface area (Å²) < 4.78 is 37.0. The fraction of sp³-hybridized carbons (Fsp3) is 0.950. The van der Waals surface area contributed by atoms with E-state index in [1.54, 1.807) is 0 Å². The summed E-state index contributed by atoms with van der Waals surface area (Å²) in [6.07, 6.45) is 7.52. The summed E-state index contributed by atoms with van der Waals surface area (Å²) in [5.74, 6) is -2.03. The van der Waals surface area contributed by atoms with Crippen molar-refractivity contribution < 1.29 is 48.4 Å². The van der Waals surface area contributed by atoms with E-state index < -0.39 is 33.7 Å². The lowest BCUT2D eigenvalue weighted by atomic mass is 9.67. The fourth-order valence-corrected chi connectivity index (χ4v) is 9.18. The van der Waals surface area contributed by atoms with Gasteiger partial charge in [-0.15, -0.1) is 20.5 Å². The summed E-state index contributed by atoms with van der Waals surface area (Å²) >= 11 is 0. The molecule has 0 bridgehead atoms. The third-order valence-corrected chi connectivity index (χ3v) is 13.9. The number of nitrogens with zero attached hydrogens (tertiary/aromatic N) is 2. The maximum absolute atomic E-state index is 13.4. The third-order valence-electron chi connectivity index (χ3n) is 13.9. The Morgan fingerprint density at radius 3 is 1.58 bits per heavy atom. The van der Waals surface area contributed by atoms with Crippen molar-refractivity contribution in [2.45, 2.75) is 199 Å². The normalized spacial score (nSPS) is 41.3. The summed E-state index contributed by atoms with van der Waals surface area (Å²) in [7, 11) is 0. The van der Waals surface area contributed by atoms with Crippen LogP contribution in [0.1, 0.15) is 153 Å². The van der Waals surface area contributed by atoms with Crippen molar-refractivity contribution in [3.8, 4) is 0 Å². The molecule has 4 aliphatic rings. The molecule has 2 spiro atoms. The predicted molar refractivity (Wildman–Crippen MR) is 194 cm³/mol. The fourth-order valence-electron chi connectivity index (χ4n) is 9.18. The summed E-state index contributed by atoms with van der Waals surface area (Å²) in [6.45, 7) is 21.8. The quantitative estimate of drug-likeness (QED) is 0.106. The number of esters is 1. The molecule has 4 aliphatic heterocycles. The molecule has 10 unspecified atom stereocenters. The lowest BCUT2D eigenvalue weighted by molar-refractivity contribution is -0.374. The third kappa shape index (κ3) is 8.60. The lowest BCUT2D eigenvalue weighted by Crippen LogP contribution is -2.70. The zero-order valence-corrected chi connectivity index (χ0v) is 34.0. The van der Waals surface area contributed by atoms with Gasteiger partial charge in [-0.25, -0.2) is 0 Å². The second-order valence-corrected chi connectivity index (χ2v) is 17.2. The second kappa shape index (κ2) is 17.3. The van der Waals surface area contributed by atoms with Gasteiger partial charge in [0.15, 0.2) is 11.6 Å². The number of ketones is 1. The minimum atomic E-state index is -0.870. The van der Waals surface area contributed by atoms with Crippen LogP contribution in [0.4, 0.5) is 0 Å². The van der Waals surface area contributed by atoms with Crippen LogP contribution < -0.4 is 0 Å². The van der Waals surface area contributed by atoms with Crippen LogP contribution in [0.25, 0.3) is 0 Å². The second-order valence-electron chi connectivity index (χ2n) is 17.2. The molecule has 0 amide bonds. The molecular weight excluding hydrogens is 668 g/mol. The standard InChI is InChI=1S/C40H70N2O10/c1-11-35(7)27-39(29(5)37(9,13-3)41(35)45)49-25-32(51-39)23-47-22-21-31(43)19-17-15-16-18-20-34(44)48-24-33-26-50-40(52-33)28-36(8,12-2)42(46)38(10,14-4)30(40)6/h29-30,32-33H,11-28H2,1-10H3. The average molecular weight is 739 g/mol. The first-order valence-corrected chi connectivity index (χ1v) is 20.3. The predicted octanol–water partition coefficient (Wildman–Crippen LogP) is 7.12. The topological polar surface area (TPSA) is 136 Å².